The van der Waals surface area contributed by atoms with Gasteiger partial charge in [-0.25, -0.2) is 0 Å². The van der Waals surface area contributed by atoms with Crippen molar-refractivity contribution < 1.29 is 22.7 Å². The highest BCUT2D eigenvalue weighted by atomic mass is 35.5. The van der Waals surface area contributed by atoms with Gasteiger partial charge in [0.25, 0.3) is 10.0 Å². The molecule has 1 unspecified atom stereocenters. The van der Waals surface area contributed by atoms with E-state index in [1.807, 2.05) is 12.1 Å². The highest BCUT2D eigenvalue weighted by molar-refractivity contribution is 8.16. The van der Waals surface area contributed by atoms with Crippen molar-refractivity contribution in [3.8, 4) is 5.75 Å². The number of anilines is 1. The van der Waals surface area contributed by atoms with Gasteiger partial charge in [-0.3, -0.25) is 14.5 Å². The first-order chi connectivity index (χ1) is 18.8. The molecule has 0 spiro atoms. The minimum Gasteiger partial charge on any atom is -0.494 e. The van der Waals surface area contributed by atoms with E-state index < -0.39 is 15.3 Å². The molecule has 12 heteroatoms. The lowest BCUT2D eigenvalue weighted by Gasteiger charge is -2.30. The molecule has 2 aliphatic rings. The van der Waals surface area contributed by atoms with E-state index in [4.69, 9.17) is 16.3 Å². The third-order valence-electron chi connectivity index (χ3n) is 6.68. The van der Waals surface area contributed by atoms with Crippen LogP contribution in [0.1, 0.15) is 71.1 Å². The summed E-state index contributed by atoms with van der Waals surface area (Å²) >= 11 is 7.90. The Hall–Kier alpha value is -2.08. The Bertz CT molecular complexity index is 1270. The predicted molar refractivity (Wildman–Crippen MR) is 158 cm³/mol. The van der Waals surface area contributed by atoms with Gasteiger partial charge in [-0.15, -0.1) is 15.7 Å². The van der Waals surface area contributed by atoms with Crippen molar-refractivity contribution in [3.05, 3.63) is 40.7 Å². The fraction of sp³-hybridized carbons (Fsp3) is 0.519. The average molecular weight is 612 g/mol. The lowest BCUT2D eigenvalue weighted by molar-refractivity contribution is -0.130. The monoisotopic (exact) mass is 611 g/mol. The first-order valence-corrected chi connectivity index (χ1v) is 16.9. The Kier molecular flexibility index (Phi) is 10.7. The van der Waals surface area contributed by atoms with Crippen molar-refractivity contribution in [1.29, 1.82) is 0 Å². The zero-order valence-electron chi connectivity index (χ0n) is 21.9. The van der Waals surface area contributed by atoms with Gasteiger partial charge >= 0.3 is 0 Å². The molecule has 1 N–H and O–H groups in total. The quantitative estimate of drug-likeness (QED) is 0.267. The van der Waals surface area contributed by atoms with Gasteiger partial charge in [0.2, 0.25) is 11.8 Å². The molecule has 2 heterocycles. The van der Waals surface area contributed by atoms with Crippen molar-refractivity contribution in [1.82, 2.24) is 4.90 Å². The van der Waals surface area contributed by atoms with Crippen LogP contribution in [0.25, 0.3) is 0 Å². The lowest BCUT2D eigenvalue weighted by atomic mass is 9.94. The molecular weight excluding hydrogens is 578 g/mol. The van der Waals surface area contributed by atoms with E-state index in [9.17, 15) is 18.0 Å². The molecule has 2 aromatic rings. The number of unbranched alkanes of at least 4 members (excludes halogenated alkanes) is 3. The minimum atomic E-state index is -4.04. The number of ether oxygens (including phenoxy) is 1. The summed E-state index contributed by atoms with van der Waals surface area (Å²) < 4.78 is 36.1. The molecule has 0 bridgehead atoms. The van der Waals surface area contributed by atoms with E-state index in [1.165, 1.54) is 29.9 Å². The van der Waals surface area contributed by atoms with Crippen LogP contribution in [0.5, 0.6) is 5.75 Å². The molecule has 1 atom stereocenters. The summed E-state index contributed by atoms with van der Waals surface area (Å²) in [6.07, 6.45) is 8.99. The van der Waals surface area contributed by atoms with E-state index in [0.29, 0.717) is 16.6 Å². The Morgan fingerprint density at radius 2 is 1.85 bits per heavy atom. The fourth-order valence-corrected chi connectivity index (χ4v) is 8.53. The molecule has 8 nitrogen and oxygen atoms in total. The third kappa shape index (κ3) is 8.22. The zero-order valence-corrected chi connectivity index (χ0v) is 25.1. The first-order valence-electron chi connectivity index (χ1n) is 13.4. The lowest BCUT2D eigenvalue weighted by Crippen LogP contribution is -2.42. The van der Waals surface area contributed by atoms with Crippen LogP contribution in [0.3, 0.4) is 0 Å². The zero-order chi connectivity index (χ0) is 27.8. The number of amidine groups is 1. The number of thiophene rings is 1. The van der Waals surface area contributed by atoms with Crippen LogP contribution in [0.2, 0.25) is 4.34 Å². The van der Waals surface area contributed by atoms with Crippen molar-refractivity contribution in [3.63, 3.8) is 0 Å². The molecule has 4 rings (SSSR count). The van der Waals surface area contributed by atoms with Crippen LogP contribution < -0.4 is 10.1 Å². The van der Waals surface area contributed by atoms with Crippen molar-refractivity contribution in [2.75, 3.05) is 11.9 Å². The van der Waals surface area contributed by atoms with Gasteiger partial charge < -0.3 is 10.1 Å². The molecule has 2 fully saturated rings. The Balaban J connectivity index is 1.41. The van der Waals surface area contributed by atoms with Crippen molar-refractivity contribution >= 4 is 67.4 Å². The summed E-state index contributed by atoms with van der Waals surface area (Å²) in [6.45, 7) is 2.82. The number of halogens is 1. The maximum Gasteiger partial charge on any atom is 0.294 e. The topological polar surface area (TPSA) is 105 Å². The van der Waals surface area contributed by atoms with Gasteiger partial charge in [-0.05, 0) is 55.7 Å². The molecular formula is C27H34ClN3O5S3. The van der Waals surface area contributed by atoms with E-state index in [2.05, 4.69) is 16.6 Å². The van der Waals surface area contributed by atoms with Gasteiger partial charge in [-0.2, -0.15) is 8.42 Å². The summed E-state index contributed by atoms with van der Waals surface area (Å²) in [5, 5.41) is 2.22. The van der Waals surface area contributed by atoms with Gasteiger partial charge in [0.1, 0.15) is 15.2 Å². The highest BCUT2D eigenvalue weighted by Gasteiger charge is 2.44. The number of carbonyl (C=O) groups excluding carboxylic acids is 2. The van der Waals surface area contributed by atoms with Gasteiger partial charge in [-0.1, -0.05) is 68.8 Å². The number of rotatable bonds is 12. The number of benzene rings is 1. The minimum absolute atomic E-state index is 0.0197. The highest BCUT2D eigenvalue weighted by Crippen LogP contribution is 2.37. The second kappa shape index (κ2) is 14.0. The number of nitrogens with zero attached hydrogens (tertiary/aromatic N) is 2. The smallest absolute Gasteiger partial charge is 0.294 e. The van der Waals surface area contributed by atoms with Gasteiger partial charge in [0.15, 0.2) is 5.17 Å². The first kappa shape index (κ1) is 29.9. The molecule has 2 amide bonds. The summed E-state index contributed by atoms with van der Waals surface area (Å²) in [5.41, 5.74) is 0.601. The molecule has 1 aliphatic carbocycles. The number of nitrogens with one attached hydrogen (secondary N) is 1. The third-order valence-corrected chi connectivity index (χ3v) is 10.9. The molecule has 1 aromatic heterocycles. The SMILES string of the molecule is CCCCCCOc1ccc(NC(=O)CC2S/C(=N/S(=O)(=O)c3ccc(Cl)s3)N(C3CCCCC3)C2=O)cc1. The molecule has 1 aliphatic heterocycles. The number of thioether (sulfide) groups is 1. The molecule has 39 heavy (non-hydrogen) atoms. The second-order valence-electron chi connectivity index (χ2n) is 9.70. The number of hydrogen-bond donors (Lipinski definition) is 1. The Morgan fingerprint density at radius 3 is 2.51 bits per heavy atom. The summed E-state index contributed by atoms with van der Waals surface area (Å²) in [6, 6.07) is 9.94. The van der Waals surface area contributed by atoms with E-state index in [1.54, 1.807) is 12.1 Å². The largest absolute Gasteiger partial charge is 0.494 e. The standard InChI is InChI=1S/C27H34ClN3O5S3/c1-2-3-4-8-17-36-21-13-11-19(12-14-21)29-24(32)18-22-26(33)31(20-9-6-5-7-10-20)27(37-22)30-39(34,35)25-16-15-23(28)38-25/h11-16,20,22H,2-10,17-18H2,1H3,(H,29,32)/b30-27+. The number of carbonyl (C=O) groups is 2. The van der Waals surface area contributed by atoms with Crippen LogP contribution in [-0.2, 0) is 19.6 Å². The Labute approximate surface area is 243 Å². The van der Waals surface area contributed by atoms with Crippen LogP contribution in [0.4, 0.5) is 5.69 Å². The molecule has 1 saturated carbocycles. The number of hydrogen-bond acceptors (Lipinski definition) is 7. The van der Waals surface area contributed by atoms with Crippen LogP contribution in [-0.4, -0.2) is 48.2 Å². The van der Waals surface area contributed by atoms with Crippen molar-refractivity contribution in [2.24, 2.45) is 4.40 Å². The van der Waals surface area contributed by atoms with E-state index in [0.717, 1.165) is 73.8 Å². The Morgan fingerprint density at radius 1 is 1.10 bits per heavy atom. The average Bonchev–Trinajstić information content (AvgIpc) is 3.48. The van der Waals surface area contributed by atoms with Gasteiger partial charge in [0.05, 0.1) is 10.9 Å². The van der Waals surface area contributed by atoms with E-state index >= 15 is 0 Å². The van der Waals surface area contributed by atoms with Crippen molar-refractivity contribution in [2.45, 2.75) is 86.6 Å². The van der Waals surface area contributed by atoms with Crippen LogP contribution >= 0.6 is 34.7 Å². The summed E-state index contributed by atoms with van der Waals surface area (Å²) in [5.74, 6) is 0.141. The second-order valence-corrected chi connectivity index (χ2v) is 14.4. The molecule has 1 saturated heterocycles. The summed E-state index contributed by atoms with van der Waals surface area (Å²) in [7, 11) is -4.04. The van der Waals surface area contributed by atoms with Crippen LogP contribution in [0, 0.1) is 0 Å². The van der Waals surface area contributed by atoms with Crippen LogP contribution in [0.15, 0.2) is 45.0 Å². The number of sulfonamides is 1. The summed E-state index contributed by atoms with van der Waals surface area (Å²) in [4.78, 5) is 27.8. The maximum absolute atomic E-state index is 13.5. The molecule has 1 aromatic carbocycles. The number of amides is 2. The normalized spacial score (nSPS) is 19.5. The maximum atomic E-state index is 13.5. The van der Waals surface area contributed by atoms with E-state index in [-0.39, 0.29) is 33.7 Å². The predicted octanol–water partition coefficient (Wildman–Crippen LogP) is 6.71. The van der Waals surface area contributed by atoms with Gasteiger partial charge in [0, 0.05) is 18.2 Å². The fourth-order valence-electron chi connectivity index (χ4n) is 4.67. The molecule has 212 valence electrons. The molecule has 0 radical (unpaired) electrons.